The number of hydrogen-bond acceptors (Lipinski definition) is 5. The van der Waals surface area contributed by atoms with Crippen LogP contribution in [-0.4, -0.2) is 24.3 Å². The molecule has 5 heteroatoms. The molecule has 2 aromatic rings. The molecule has 0 spiro atoms. The lowest BCUT2D eigenvalue weighted by Gasteiger charge is -2.15. The first kappa shape index (κ1) is 14.1. The van der Waals surface area contributed by atoms with Crippen LogP contribution in [0.15, 0.2) is 36.5 Å². The lowest BCUT2D eigenvalue weighted by molar-refractivity contribution is 0.257. The van der Waals surface area contributed by atoms with Gasteiger partial charge in [0.25, 0.3) is 0 Å². The highest BCUT2D eigenvalue weighted by Gasteiger charge is 2.14. The molecule has 0 fully saturated rings. The van der Waals surface area contributed by atoms with Gasteiger partial charge in [-0.25, -0.2) is 0 Å². The van der Waals surface area contributed by atoms with E-state index in [1.165, 1.54) is 0 Å². The van der Waals surface area contributed by atoms with Gasteiger partial charge in [-0.2, -0.15) is 0 Å². The van der Waals surface area contributed by atoms with Crippen molar-refractivity contribution in [3.8, 4) is 17.2 Å². The van der Waals surface area contributed by atoms with E-state index in [2.05, 4.69) is 4.98 Å². The van der Waals surface area contributed by atoms with Crippen LogP contribution in [0.1, 0.15) is 11.3 Å². The molecule has 0 saturated carbocycles. The van der Waals surface area contributed by atoms with Crippen LogP contribution in [0.3, 0.4) is 0 Å². The average molecular weight is 275 g/mol. The molecule has 2 rings (SSSR count). The Hall–Kier alpha value is -2.27. The maximum atomic E-state index is 9.21. The summed E-state index contributed by atoms with van der Waals surface area (Å²) in [6.45, 7) is 0.222. The molecule has 5 nitrogen and oxygen atoms in total. The number of benzene rings is 1. The highest BCUT2D eigenvalue weighted by atomic mass is 16.5. The second-order valence-electron chi connectivity index (χ2n) is 4.10. The van der Waals surface area contributed by atoms with Crippen molar-refractivity contribution >= 4 is 0 Å². The SMILES string of the molecule is COc1cc(CO)cc(OC)c1OCc1ccccn1. The van der Waals surface area contributed by atoms with Gasteiger partial charge in [0.05, 0.1) is 26.5 Å². The van der Waals surface area contributed by atoms with Gasteiger partial charge in [-0.15, -0.1) is 0 Å². The van der Waals surface area contributed by atoms with Crippen molar-refractivity contribution in [1.82, 2.24) is 4.98 Å². The number of pyridine rings is 1. The second-order valence-corrected chi connectivity index (χ2v) is 4.10. The number of rotatable bonds is 6. The molecule has 0 radical (unpaired) electrons. The Balaban J connectivity index is 2.25. The van der Waals surface area contributed by atoms with Crippen LogP contribution < -0.4 is 14.2 Å². The molecular formula is C15H17NO4. The fraction of sp³-hybridized carbons (Fsp3) is 0.267. The number of aliphatic hydroxyl groups is 1. The summed E-state index contributed by atoms with van der Waals surface area (Å²) in [5, 5.41) is 9.21. The molecule has 0 atom stereocenters. The first-order valence-electron chi connectivity index (χ1n) is 6.17. The molecule has 20 heavy (non-hydrogen) atoms. The Morgan fingerprint density at radius 1 is 1.10 bits per heavy atom. The number of methoxy groups -OCH3 is 2. The fourth-order valence-electron chi connectivity index (χ4n) is 1.80. The summed E-state index contributed by atoms with van der Waals surface area (Å²) in [5.41, 5.74) is 1.51. The summed E-state index contributed by atoms with van der Waals surface area (Å²) < 4.78 is 16.3. The highest BCUT2D eigenvalue weighted by Crippen LogP contribution is 2.38. The van der Waals surface area contributed by atoms with Crippen molar-refractivity contribution in [3.63, 3.8) is 0 Å². The topological polar surface area (TPSA) is 60.8 Å². The van der Waals surface area contributed by atoms with Gasteiger partial charge in [-0.1, -0.05) is 6.07 Å². The summed E-state index contributed by atoms with van der Waals surface area (Å²) in [5.74, 6) is 1.53. The Labute approximate surface area is 117 Å². The summed E-state index contributed by atoms with van der Waals surface area (Å²) >= 11 is 0. The third-order valence-corrected chi connectivity index (χ3v) is 2.79. The second kappa shape index (κ2) is 6.77. The van der Waals surface area contributed by atoms with E-state index in [0.29, 0.717) is 29.4 Å². The van der Waals surface area contributed by atoms with Gasteiger partial charge in [-0.05, 0) is 29.8 Å². The molecule has 0 aliphatic heterocycles. The third kappa shape index (κ3) is 3.19. The van der Waals surface area contributed by atoms with Crippen LogP contribution >= 0.6 is 0 Å². The van der Waals surface area contributed by atoms with Crippen LogP contribution in [0.4, 0.5) is 0 Å². The molecule has 1 N–H and O–H groups in total. The Morgan fingerprint density at radius 3 is 2.30 bits per heavy atom. The smallest absolute Gasteiger partial charge is 0.203 e. The van der Waals surface area contributed by atoms with E-state index in [-0.39, 0.29) is 6.61 Å². The number of nitrogens with zero attached hydrogens (tertiary/aromatic N) is 1. The molecule has 1 aromatic carbocycles. The van der Waals surface area contributed by atoms with Crippen LogP contribution in [0.5, 0.6) is 17.2 Å². The summed E-state index contributed by atoms with van der Waals surface area (Å²) in [6, 6.07) is 9.06. The average Bonchev–Trinajstić information content (AvgIpc) is 2.52. The maximum absolute atomic E-state index is 9.21. The van der Waals surface area contributed by atoms with Crippen LogP contribution in [0.25, 0.3) is 0 Å². The molecule has 0 saturated heterocycles. The molecular weight excluding hydrogens is 258 g/mol. The molecule has 1 heterocycles. The number of ether oxygens (including phenoxy) is 3. The standard InChI is InChI=1S/C15H17NO4/c1-18-13-7-11(9-17)8-14(19-2)15(13)20-10-12-5-3-4-6-16-12/h3-8,17H,9-10H2,1-2H3. The van der Waals surface area contributed by atoms with Crippen LogP contribution in [0.2, 0.25) is 0 Å². The van der Waals surface area contributed by atoms with E-state index >= 15 is 0 Å². The Morgan fingerprint density at radius 2 is 1.80 bits per heavy atom. The van der Waals surface area contributed by atoms with E-state index in [0.717, 1.165) is 5.69 Å². The molecule has 0 amide bonds. The zero-order valence-corrected chi connectivity index (χ0v) is 11.5. The first-order valence-corrected chi connectivity index (χ1v) is 6.17. The first-order chi connectivity index (χ1) is 9.78. The monoisotopic (exact) mass is 275 g/mol. The van der Waals surface area contributed by atoms with Gasteiger partial charge in [0, 0.05) is 6.20 Å². The Bertz CT molecular complexity index is 532. The largest absolute Gasteiger partial charge is 0.493 e. The molecule has 0 aliphatic carbocycles. The van der Waals surface area contributed by atoms with Crippen molar-refractivity contribution in [2.45, 2.75) is 13.2 Å². The number of aliphatic hydroxyl groups excluding tert-OH is 1. The van der Waals surface area contributed by atoms with Gasteiger partial charge in [0.1, 0.15) is 6.61 Å². The molecule has 0 unspecified atom stereocenters. The molecule has 0 bridgehead atoms. The lowest BCUT2D eigenvalue weighted by atomic mass is 10.2. The minimum absolute atomic E-state index is 0.0900. The maximum Gasteiger partial charge on any atom is 0.203 e. The summed E-state index contributed by atoms with van der Waals surface area (Å²) in [6.07, 6.45) is 1.71. The number of aromatic nitrogens is 1. The normalized spacial score (nSPS) is 10.2. The Kier molecular flexibility index (Phi) is 4.79. The van der Waals surface area contributed by atoms with Gasteiger partial charge in [0.15, 0.2) is 11.5 Å². The quantitative estimate of drug-likeness (QED) is 0.875. The van der Waals surface area contributed by atoms with E-state index in [4.69, 9.17) is 14.2 Å². The minimum atomic E-state index is -0.0900. The van der Waals surface area contributed by atoms with Gasteiger partial charge < -0.3 is 19.3 Å². The van der Waals surface area contributed by atoms with Crippen molar-refractivity contribution < 1.29 is 19.3 Å². The van der Waals surface area contributed by atoms with Crippen LogP contribution in [-0.2, 0) is 13.2 Å². The van der Waals surface area contributed by atoms with Crippen LogP contribution in [0, 0.1) is 0 Å². The third-order valence-electron chi connectivity index (χ3n) is 2.79. The molecule has 106 valence electrons. The van der Waals surface area contributed by atoms with E-state index in [1.54, 1.807) is 32.5 Å². The van der Waals surface area contributed by atoms with Crippen molar-refractivity contribution in [1.29, 1.82) is 0 Å². The van der Waals surface area contributed by atoms with Gasteiger partial charge in [-0.3, -0.25) is 4.98 Å². The number of hydrogen-bond donors (Lipinski definition) is 1. The predicted octanol–water partition coefficient (Wildman–Crippen LogP) is 2.17. The fourth-order valence-corrected chi connectivity index (χ4v) is 1.80. The molecule has 1 aromatic heterocycles. The summed E-state index contributed by atoms with van der Waals surface area (Å²) in [4.78, 5) is 4.19. The zero-order chi connectivity index (χ0) is 14.4. The van der Waals surface area contributed by atoms with Crippen molar-refractivity contribution in [2.75, 3.05) is 14.2 Å². The van der Waals surface area contributed by atoms with E-state index < -0.39 is 0 Å². The van der Waals surface area contributed by atoms with Crippen molar-refractivity contribution in [3.05, 3.63) is 47.8 Å². The van der Waals surface area contributed by atoms with Gasteiger partial charge >= 0.3 is 0 Å². The van der Waals surface area contributed by atoms with Crippen molar-refractivity contribution in [2.24, 2.45) is 0 Å². The van der Waals surface area contributed by atoms with E-state index in [1.807, 2.05) is 18.2 Å². The summed E-state index contributed by atoms with van der Waals surface area (Å²) in [7, 11) is 3.09. The predicted molar refractivity (Wildman–Crippen MR) is 74.0 cm³/mol. The zero-order valence-electron chi connectivity index (χ0n) is 11.5. The highest BCUT2D eigenvalue weighted by molar-refractivity contribution is 5.53. The lowest BCUT2D eigenvalue weighted by Crippen LogP contribution is -2.02. The van der Waals surface area contributed by atoms with Gasteiger partial charge in [0.2, 0.25) is 5.75 Å². The van der Waals surface area contributed by atoms with E-state index in [9.17, 15) is 5.11 Å². The molecule has 0 aliphatic rings. The minimum Gasteiger partial charge on any atom is -0.493 e.